The van der Waals surface area contributed by atoms with Crippen LogP contribution in [0, 0.1) is 0 Å². The zero-order chi connectivity index (χ0) is 18.1. The molecule has 1 fully saturated rings. The van der Waals surface area contributed by atoms with Gasteiger partial charge in [-0.3, -0.25) is 9.59 Å². The number of thiophene rings is 1. The predicted octanol–water partition coefficient (Wildman–Crippen LogP) is 4.54. The Balaban J connectivity index is 1.60. The Morgan fingerprint density at radius 1 is 1.27 bits per heavy atom. The number of anilines is 1. The number of fused-ring (bicyclic) bond motifs is 2. The summed E-state index contributed by atoms with van der Waals surface area (Å²) in [6.45, 7) is 1.40. The van der Waals surface area contributed by atoms with Crippen LogP contribution in [0.25, 0.3) is 0 Å². The molecule has 2 aromatic rings. The van der Waals surface area contributed by atoms with E-state index in [4.69, 9.17) is 4.74 Å². The summed E-state index contributed by atoms with van der Waals surface area (Å²) in [7, 11) is 0. The molecule has 136 valence electrons. The number of rotatable bonds is 2. The predicted molar refractivity (Wildman–Crippen MR) is 105 cm³/mol. The monoisotopic (exact) mass is 434 g/mol. The molecule has 0 radical (unpaired) electrons. The molecule has 4 rings (SSSR count). The number of halogens is 1. The van der Waals surface area contributed by atoms with E-state index < -0.39 is 0 Å². The van der Waals surface area contributed by atoms with Crippen molar-refractivity contribution in [3.63, 3.8) is 0 Å². The number of nitrogens with zero attached hydrogens (tertiary/aromatic N) is 1. The van der Waals surface area contributed by atoms with Crippen molar-refractivity contribution in [3.8, 4) is 5.75 Å². The Morgan fingerprint density at radius 3 is 2.96 bits per heavy atom. The highest BCUT2D eigenvalue weighted by molar-refractivity contribution is 9.10. The van der Waals surface area contributed by atoms with Gasteiger partial charge in [0.25, 0.3) is 11.8 Å². The molecule has 0 bridgehead atoms. The van der Waals surface area contributed by atoms with E-state index in [-0.39, 0.29) is 17.9 Å². The molecule has 1 aromatic carbocycles. The van der Waals surface area contributed by atoms with Crippen molar-refractivity contribution in [2.24, 2.45) is 0 Å². The fourth-order valence-electron chi connectivity index (χ4n) is 3.55. The van der Waals surface area contributed by atoms with Gasteiger partial charge in [0.2, 0.25) is 0 Å². The highest BCUT2D eigenvalue weighted by Gasteiger charge is 2.31. The number of ether oxygens (including phenoxy) is 1. The maximum atomic E-state index is 13.1. The quantitative estimate of drug-likeness (QED) is 0.754. The van der Waals surface area contributed by atoms with Gasteiger partial charge in [0, 0.05) is 34.5 Å². The number of hydrogen-bond donors (Lipinski definition) is 1. The van der Waals surface area contributed by atoms with E-state index in [1.54, 1.807) is 24.3 Å². The van der Waals surface area contributed by atoms with Crippen LogP contribution in [0.3, 0.4) is 0 Å². The molecular formula is C19H19BrN2O3S. The summed E-state index contributed by atoms with van der Waals surface area (Å²) in [5.74, 6) is 0.408. The van der Waals surface area contributed by atoms with Crippen molar-refractivity contribution < 1.29 is 14.3 Å². The Hall–Kier alpha value is -1.86. The molecule has 0 saturated carbocycles. The number of nitrogens with one attached hydrogen (secondary N) is 1. The summed E-state index contributed by atoms with van der Waals surface area (Å²) in [5.41, 5.74) is 1.13. The fourth-order valence-corrected chi connectivity index (χ4v) is 4.87. The van der Waals surface area contributed by atoms with Crippen LogP contribution in [-0.4, -0.2) is 35.9 Å². The molecule has 1 atom stereocenters. The number of carbonyl (C=O) groups excluding carboxylic acids is 2. The zero-order valence-electron chi connectivity index (χ0n) is 14.2. The van der Waals surface area contributed by atoms with Crippen LogP contribution in [0.1, 0.15) is 45.7 Å². The van der Waals surface area contributed by atoms with Gasteiger partial charge in [0.15, 0.2) is 0 Å². The maximum absolute atomic E-state index is 13.1. The Labute approximate surface area is 164 Å². The molecule has 2 aliphatic heterocycles. The summed E-state index contributed by atoms with van der Waals surface area (Å²) in [5, 5.41) is 4.74. The van der Waals surface area contributed by atoms with Crippen molar-refractivity contribution in [2.75, 3.05) is 18.5 Å². The summed E-state index contributed by atoms with van der Waals surface area (Å²) in [6.07, 6.45) is 4.11. The topological polar surface area (TPSA) is 58.6 Å². The third-order valence-electron chi connectivity index (χ3n) is 4.86. The minimum absolute atomic E-state index is 0.000586. The van der Waals surface area contributed by atoms with Crippen LogP contribution in [-0.2, 0) is 0 Å². The molecule has 2 amide bonds. The molecule has 0 unspecified atom stereocenters. The first-order valence-electron chi connectivity index (χ1n) is 8.75. The normalized spacial score (nSPS) is 19.7. The Bertz CT molecular complexity index is 851. The van der Waals surface area contributed by atoms with Crippen molar-refractivity contribution in [2.45, 2.75) is 31.7 Å². The minimum atomic E-state index is -0.185. The SMILES string of the molecule is O=C(Nc1ccc2c(c1)C(=O)N1CCCC[C@@H]1CCO2)c1cc(Br)cs1. The van der Waals surface area contributed by atoms with Crippen LogP contribution < -0.4 is 10.1 Å². The first kappa shape index (κ1) is 17.5. The lowest BCUT2D eigenvalue weighted by Gasteiger charge is -2.37. The second-order valence-electron chi connectivity index (χ2n) is 6.58. The van der Waals surface area contributed by atoms with Gasteiger partial charge in [-0.1, -0.05) is 0 Å². The van der Waals surface area contributed by atoms with Crippen LogP contribution in [0.2, 0.25) is 0 Å². The second kappa shape index (κ2) is 7.40. The summed E-state index contributed by atoms with van der Waals surface area (Å²) in [4.78, 5) is 28.0. The molecule has 3 heterocycles. The Morgan fingerprint density at radius 2 is 2.15 bits per heavy atom. The molecule has 1 aromatic heterocycles. The van der Waals surface area contributed by atoms with Gasteiger partial charge in [0.05, 0.1) is 17.0 Å². The van der Waals surface area contributed by atoms with Crippen LogP contribution >= 0.6 is 27.3 Å². The average molecular weight is 435 g/mol. The third kappa shape index (κ3) is 3.50. The fraction of sp³-hybridized carbons (Fsp3) is 0.368. The van der Waals surface area contributed by atoms with Crippen LogP contribution in [0.5, 0.6) is 5.75 Å². The highest BCUT2D eigenvalue weighted by atomic mass is 79.9. The lowest BCUT2D eigenvalue weighted by Crippen LogP contribution is -2.45. The number of hydrogen-bond acceptors (Lipinski definition) is 4. The third-order valence-corrected chi connectivity index (χ3v) is 6.55. The molecule has 26 heavy (non-hydrogen) atoms. The Kier molecular flexibility index (Phi) is 5.00. The van der Waals surface area contributed by atoms with Crippen molar-refractivity contribution in [1.29, 1.82) is 0 Å². The number of benzene rings is 1. The number of carbonyl (C=O) groups is 2. The van der Waals surface area contributed by atoms with Gasteiger partial charge in [0.1, 0.15) is 5.75 Å². The van der Waals surface area contributed by atoms with E-state index in [1.807, 2.05) is 10.3 Å². The van der Waals surface area contributed by atoms with Crippen molar-refractivity contribution >= 4 is 44.8 Å². The summed E-state index contributed by atoms with van der Waals surface area (Å²) in [6, 6.07) is 7.32. The van der Waals surface area contributed by atoms with Gasteiger partial charge >= 0.3 is 0 Å². The molecule has 2 aliphatic rings. The molecule has 5 nitrogen and oxygen atoms in total. The van der Waals surface area contributed by atoms with Crippen molar-refractivity contribution in [1.82, 2.24) is 4.90 Å². The zero-order valence-corrected chi connectivity index (χ0v) is 16.6. The molecule has 1 N–H and O–H groups in total. The highest BCUT2D eigenvalue weighted by Crippen LogP contribution is 2.31. The first-order chi connectivity index (χ1) is 12.6. The lowest BCUT2D eigenvalue weighted by molar-refractivity contribution is 0.0548. The van der Waals surface area contributed by atoms with E-state index in [0.717, 1.165) is 36.7 Å². The second-order valence-corrected chi connectivity index (χ2v) is 8.41. The minimum Gasteiger partial charge on any atom is -0.493 e. The lowest BCUT2D eigenvalue weighted by atomic mass is 9.97. The molecule has 0 aliphatic carbocycles. The van der Waals surface area contributed by atoms with E-state index in [0.29, 0.717) is 28.5 Å². The number of piperidine rings is 1. The van der Waals surface area contributed by atoms with Crippen LogP contribution in [0.4, 0.5) is 5.69 Å². The van der Waals surface area contributed by atoms with E-state index >= 15 is 0 Å². The van der Waals surface area contributed by atoms with E-state index in [2.05, 4.69) is 21.2 Å². The molecule has 1 saturated heterocycles. The summed E-state index contributed by atoms with van der Waals surface area (Å²) >= 11 is 4.72. The molecule has 7 heteroatoms. The van der Waals surface area contributed by atoms with Gasteiger partial charge in [-0.2, -0.15) is 0 Å². The summed E-state index contributed by atoms with van der Waals surface area (Å²) < 4.78 is 6.71. The van der Waals surface area contributed by atoms with E-state index in [1.165, 1.54) is 11.3 Å². The maximum Gasteiger partial charge on any atom is 0.265 e. The van der Waals surface area contributed by atoms with E-state index in [9.17, 15) is 9.59 Å². The average Bonchev–Trinajstić information content (AvgIpc) is 3.08. The molecule has 0 spiro atoms. The standard InChI is InChI=1S/C19H19BrN2O3S/c20-12-9-17(26-11-12)18(23)21-13-4-5-16-15(10-13)19(24)22-7-2-1-3-14(22)6-8-25-16/h4-5,9-11,14H,1-3,6-8H2,(H,21,23)/t14-/m1/s1. The van der Waals surface area contributed by atoms with Gasteiger partial charge < -0.3 is 15.0 Å². The molecular weight excluding hydrogens is 416 g/mol. The van der Waals surface area contributed by atoms with Gasteiger partial charge in [-0.05, 0) is 59.5 Å². The first-order valence-corrected chi connectivity index (χ1v) is 10.4. The smallest absolute Gasteiger partial charge is 0.265 e. The van der Waals surface area contributed by atoms with Crippen molar-refractivity contribution in [3.05, 3.63) is 44.6 Å². The largest absolute Gasteiger partial charge is 0.493 e. The van der Waals surface area contributed by atoms with Gasteiger partial charge in [-0.15, -0.1) is 11.3 Å². The van der Waals surface area contributed by atoms with Crippen LogP contribution in [0.15, 0.2) is 34.1 Å². The number of amides is 2. The van der Waals surface area contributed by atoms with Gasteiger partial charge in [-0.25, -0.2) is 0 Å².